The second-order valence-electron chi connectivity index (χ2n) is 4.63. The van der Waals surface area contributed by atoms with Crippen LogP contribution in [0.2, 0.25) is 0 Å². The van der Waals surface area contributed by atoms with E-state index in [4.69, 9.17) is 0 Å². The van der Waals surface area contributed by atoms with Gasteiger partial charge in [-0.25, -0.2) is 4.98 Å². The molecule has 2 heterocycles. The van der Waals surface area contributed by atoms with Gasteiger partial charge in [-0.1, -0.05) is 12.1 Å². The van der Waals surface area contributed by atoms with Crippen molar-refractivity contribution in [2.75, 3.05) is 5.32 Å². The van der Waals surface area contributed by atoms with Crippen LogP contribution in [0.15, 0.2) is 51.7 Å². The first-order valence-corrected chi connectivity index (χ1v) is 7.83. The molecule has 0 atom stereocenters. The topological polar surface area (TPSA) is 46.4 Å². The minimum atomic E-state index is -0.0890. The summed E-state index contributed by atoms with van der Waals surface area (Å²) in [5.74, 6) is -0.0890. The van der Waals surface area contributed by atoms with Gasteiger partial charge in [0, 0.05) is 35.0 Å². The quantitative estimate of drug-likeness (QED) is 0.679. The van der Waals surface area contributed by atoms with Gasteiger partial charge in [-0.2, -0.15) is 0 Å². The zero-order valence-electron chi connectivity index (χ0n) is 11.1. The number of pyridine rings is 1. The highest BCUT2D eigenvalue weighted by Crippen LogP contribution is 2.27. The third-order valence-corrected chi connectivity index (χ3v) is 3.97. The second-order valence-corrected chi connectivity index (χ2v) is 6.40. The molecule has 0 radical (unpaired) electrons. The number of fused-ring (bicyclic) bond motifs is 1. The van der Waals surface area contributed by atoms with E-state index in [0.29, 0.717) is 0 Å². The number of anilines is 1. The lowest BCUT2D eigenvalue weighted by Crippen LogP contribution is -2.05. The summed E-state index contributed by atoms with van der Waals surface area (Å²) in [6.45, 7) is 1.49. The Bertz CT molecular complexity index is 842. The van der Waals surface area contributed by atoms with Crippen molar-refractivity contribution < 1.29 is 4.79 Å². The van der Waals surface area contributed by atoms with Gasteiger partial charge in [-0.15, -0.1) is 0 Å². The van der Waals surface area contributed by atoms with Crippen molar-refractivity contribution in [3.63, 3.8) is 0 Å². The van der Waals surface area contributed by atoms with Crippen LogP contribution in [0.5, 0.6) is 0 Å². The van der Waals surface area contributed by atoms with Crippen LogP contribution in [-0.4, -0.2) is 15.3 Å². The Morgan fingerprint density at radius 2 is 2.05 bits per heavy atom. The van der Waals surface area contributed by atoms with E-state index >= 15 is 0 Å². The fourth-order valence-corrected chi connectivity index (χ4v) is 3.42. The van der Waals surface area contributed by atoms with Gasteiger partial charge in [0.15, 0.2) is 5.65 Å². The molecule has 0 saturated carbocycles. The van der Waals surface area contributed by atoms with Crippen LogP contribution in [0.1, 0.15) is 6.92 Å². The Hall–Kier alpha value is -1.66. The summed E-state index contributed by atoms with van der Waals surface area (Å²) in [5, 5.41) is 2.78. The van der Waals surface area contributed by atoms with E-state index < -0.39 is 0 Å². The van der Waals surface area contributed by atoms with E-state index in [1.54, 1.807) is 0 Å². The van der Waals surface area contributed by atoms with E-state index in [-0.39, 0.29) is 5.91 Å². The van der Waals surface area contributed by atoms with Crippen molar-refractivity contribution in [3.05, 3.63) is 51.7 Å². The van der Waals surface area contributed by atoms with Gasteiger partial charge in [0.2, 0.25) is 5.91 Å². The summed E-state index contributed by atoms with van der Waals surface area (Å²) < 4.78 is 3.84. The zero-order valence-corrected chi connectivity index (χ0v) is 14.3. The molecular weight excluding hydrogens is 398 g/mol. The van der Waals surface area contributed by atoms with Crippen molar-refractivity contribution in [2.45, 2.75) is 6.92 Å². The Kier molecular flexibility index (Phi) is 3.82. The lowest BCUT2D eigenvalue weighted by atomic mass is 10.1. The Labute approximate surface area is 138 Å². The summed E-state index contributed by atoms with van der Waals surface area (Å²) >= 11 is 6.97. The number of amides is 1. The van der Waals surface area contributed by atoms with Gasteiger partial charge in [0.25, 0.3) is 0 Å². The molecule has 0 bridgehead atoms. The van der Waals surface area contributed by atoms with Crippen LogP contribution >= 0.6 is 31.9 Å². The standard InChI is InChI=1S/C15H11Br2N3O/c1-9(21)18-12-4-2-3-10(5-12)14-8-20-7-11(16)6-13(17)15(20)19-14/h2-8H,1H3,(H,18,21). The lowest BCUT2D eigenvalue weighted by molar-refractivity contribution is -0.114. The highest BCUT2D eigenvalue weighted by Gasteiger charge is 2.09. The molecule has 0 spiro atoms. The summed E-state index contributed by atoms with van der Waals surface area (Å²) in [6.07, 6.45) is 3.91. The molecule has 0 aliphatic rings. The number of rotatable bonds is 2. The first-order valence-electron chi connectivity index (χ1n) is 6.25. The van der Waals surface area contributed by atoms with E-state index in [1.165, 1.54) is 6.92 Å². The molecule has 1 amide bonds. The zero-order chi connectivity index (χ0) is 15.0. The second kappa shape index (κ2) is 5.61. The van der Waals surface area contributed by atoms with Crippen molar-refractivity contribution in [3.8, 4) is 11.3 Å². The molecule has 3 aromatic rings. The van der Waals surface area contributed by atoms with Gasteiger partial charge in [-0.3, -0.25) is 4.79 Å². The minimum absolute atomic E-state index is 0.0890. The first kappa shape index (κ1) is 14.3. The maximum atomic E-state index is 11.1. The minimum Gasteiger partial charge on any atom is -0.326 e. The largest absolute Gasteiger partial charge is 0.326 e. The number of hydrogen-bond acceptors (Lipinski definition) is 2. The highest BCUT2D eigenvalue weighted by molar-refractivity contribution is 9.11. The van der Waals surface area contributed by atoms with Crippen LogP contribution in [-0.2, 0) is 4.79 Å². The highest BCUT2D eigenvalue weighted by atomic mass is 79.9. The molecule has 21 heavy (non-hydrogen) atoms. The van der Waals surface area contributed by atoms with Crippen LogP contribution in [0, 0.1) is 0 Å². The van der Waals surface area contributed by atoms with E-state index in [1.807, 2.05) is 47.1 Å². The van der Waals surface area contributed by atoms with Crippen molar-refractivity contribution >= 4 is 49.1 Å². The summed E-state index contributed by atoms with van der Waals surface area (Å²) in [6, 6.07) is 9.59. The third-order valence-electron chi connectivity index (χ3n) is 2.95. The molecule has 0 fully saturated rings. The van der Waals surface area contributed by atoms with Crippen molar-refractivity contribution in [2.24, 2.45) is 0 Å². The number of nitrogens with zero attached hydrogens (tertiary/aromatic N) is 2. The monoisotopic (exact) mass is 407 g/mol. The van der Waals surface area contributed by atoms with Gasteiger partial charge < -0.3 is 9.72 Å². The van der Waals surface area contributed by atoms with Gasteiger partial charge in [-0.05, 0) is 50.1 Å². The lowest BCUT2D eigenvalue weighted by Gasteiger charge is -2.03. The molecule has 0 unspecified atom stereocenters. The SMILES string of the molecule is CC(=O)Nc1cccc(-c2cn3cc(Br)cc(Br)c3n2)c1. The Morgan fingerprint density at radius 3 is 2.81 bits per heavy atom. The third kappa shape index (κ3) is 3.01. The number of benzene rings is 1. The average Bonchev–Trinajstić information content (AvgIpc) is 2.82. The molecule has 1 aromatic carbocycles. The Balaban J connectivity index is 2.08. The summed E-state index contributed by atoms with van der Waals surface area (Å²) in [7, 11) is 0. The number of hydrogen-bond donors (Lipinski definition) is 1. The fourth-order valence-electron chi connectivity index (χ4n) is 2.12. The van der Waals surface area contributed by atoms with Crippen LogP contribution in [0.25, 0.3) is 16.9 Å². The molecule has 0 saturated heterocycles. The van der Waals surface area contributed by atoms with Gasteiger partial charge in [0.1, 0.15) is 0 Å². The molecule has 0 aliphatic heterocycles. The van der Waals surface area contributed by atoms with Gasteiger partial charge >= 0.3 is 0 Å². The van der Waals surface area contributed by atoms with Crippen LogP contribution < -0.4 is 5.32 Å². The van der Waals surface area contributed by atoms with E-state index in [9.17, 15) is 4.79 Å². The fraction of sp³-hybridized carbons (Fsp3) is 0.0667. The summed E-state index contributed by atoms with van der Waals surface area (Å²) in [5.41, 5.74) is 3.41. The molecular formula is C15H11Br2N3O. The van der Waals surface area contributed by atoms with Crippen LogP contribution in [0.4, 0.5) is 5.69 Å². The average molecular weight is 409 g/mol. The van der Waals surface area contributed by atoms with Gasteiger partial charge in [0.05, 0.1) is 10.2 Å². The number of carbonyl (C=O) groups excluding carboxylic acids is 1. The maximum Gasteiger partial charge on any atom is 0.221 e. The van der Waals surface area contributed by atoms with E-state index in [0.717, 1.165) is 31.5 Å². The number of nitrogens with one attached hydrogen (secondary N) is 1. The number of halogens is 2. The number of carbonyl (C=O) groups is 1. The molecule has 3 rings (SSSR count). The predicted molar refractivity (Wildman–Crippen MR) is 90.3 cm³/mol. The summed E-state index contributed by atoms with van der Waals surface area (Å²) in [4.78, 5) is 15.8. The number of aromatic nitrogens is 2. The molecule has 1 N–H and O–H groups in total. The predicted octanol–water partition coefficient (Wildman–Crippen LogP) is 4.48. The maximum absolute atomic E-state index is 11.1. The molecule has 2 aromatic heterocycles. The van der Waals surface area contributed by atoms with E-state index in [2.05, 4.69) is 42.2 Å². The van der Waals surface area contributed by atoms with Crippen LogP contribution in [0.3, 0.4) is 0 Å². The molecule has 0 aliphatic carbocycles. The molecule has 6 heteroatoms. The van der Waals surface area contributed by atoms with Crippen molar-refractivity contribution in [1.29, 1.82) is 0 Å². The first-order chi connectivity index (χ1) is 10.0. The number of imidazole rings is 1. The normalized spacial score (nSPS) is 10.8. The molecule has 106 valence electrons. The molecule has 4 nitrogen and oxygen atoms in total. The van der Waals surface area contributed by atoms with Crippen molar-refractivity contribution in [1.82, 2.24) is 9.38 Å². The Morgan fingerprint density at radius 1 is 1.24 bits per heavy atom. The smallest absolute Gasteiger partial charge is 0.221 e.